The van der Waals surface area contributed by atoms with E-state index in [9.17, 15) is 19.7 Å². The summed E-state index contributed by atoms with van der Waals surface area (Å²) in [5.41, 5.74) is 3.05. The lowest BCUT2D eigenvalue weighted by molar-refractivity contribution is -0.385. The molecule has 30 heavy (non-hydrogen) atoms. The maximum Gasteiger partial charge on any atom is 0.341 e. The Morgan fingerprint density at radius 3 is 2.70 bits per heavy atom. The van der Waals surface area contributed by atoms with Gasteiger partial charge in [0.1, 0.15) is 0 Å². The Labute approximate surface area is 185 Å². The van der Waals surface area contributed by atoms with E-state index in [0.29, 0.717) is 27.2 Å². The minimum atomic E-state index is -1.11. The first-order valence-electron chi connectivity index (χ1n) is 8.67. The summed E-state index contributed by atoms with van der Waals surface area (Å²) in [6, 6.07) is 9.26. The lowest BCUT2D eigenvalue weighted by Crippen LogP contribution is -2.20. The van der Waals surface area contributed by atoms with Crippen molar-refractivity contribution in [3.63, 3.8) is 0 Å². The van der Waals surface area contributed by atoms with Gasteiger partial charge < -0.3 is 14.6 Å². The van der Waals surface area contributed by atoms with Crippen molar-refractivity contribution in [2.75, 3.05) is 13.2 Å². The van der Waals surface area contributed by atoms with Crippen LogP contribution in [0.2, 0.25) is 0 Å². The standard InChI is InChI=1S/C19H18IN3O7/c1-2-29-16-8-12(7-14(20)19(16)30-11-18(25)26)10-21-22-17(24)9-13-5-3-4-6-15(13)23(27)28/h3-8,10H,2,9,11H2,1H3,(H,22,24)(H,25,26)/b21-10+. The highest BCUT2D eigenvalue weighted by molar-refractivity contribution is 14.1. The molecule has 10 nitrogen and oxygen atoms in total. The molecule has 0 heterocycles. The average Bonchev–Trinajstić information content (AvgIpc) is 2.67. The van der Waals surface area contributed by atoms with Gasteiger partial charge in [-0.1, -0.05) is 18.2 Å². The predicted molar refractivity (Wildman–Crippen MR) is 116 cm³/mol. The maximum absolute atomic E-state index is 12.1. The largest absolute Gasteiger partial charge is 0.490 e. The fraction of sp³-hybridized carbons (Fsp3) is 0.211. The van der Waals surface area contributed by atoms with Crippen LogP contribution in [0.4, 0.5) is 5.69 Å². The Kier molecular flexibility index (Phi) is 8.53. The molecule has 2 N–H and O–H groups in total. The summed E-state index contributed by atoms with van der Waals surface area (Å²) in [5, 5.41) is 23.7. The van der Waals surface area contributed by atoms with Crippen LogP contribution in [0.1, 0.15) is 18.1 Å². The zero-order chi connectivity index (χ0) is 22.1. The van der Waals surface area contributed by atoms with Gasteiger partial charge in [-0.2, -0.15) is 5.10 Å². The van der Waals surface area contributed by atoms with Gasteiger partial charge in [-0.25, -0.2) is 10.2 Å². The normalized spacial score (nSPS) is 10.6. The van der Waals surface area contributed by atoms with Crippen molar-refractivity contribution in [3.05, 3.63) is 61.2 Å². The van der Waals surface area contributed by atoms with Gasteiger partial charge in [0.15, 0.2) is 18.1 Å². The highest BCUT2D eigenvalue weighted by Gasteiger charge is 2.15. The number of nitro groups is 1. The Bertz CT molecular complexity index is 979. The molecule has 2 rings (SSSR count). The number of rotatable bonds is 10. The van der Waals surface area contributed by atoms with Crippen molar-refractivity contribution >= 4 is 46.4 Å². The predicted octanol–water partition coefficient (Wildman–Crippen LogP) is 2.75. The number of carbonyl (C=O) groups excluding carboxylic acids is 1. The fourth-order valence-corrected chi connectivity index (χ4v) is 3.21. The van der Waals surface area contributed by atoms with E-state index in [1.165, 1.54) is 24.4 Å². The first-order chi connectivity index (χ1) is 14.3. The monoisotopic (exact) mass is 527 g/mol. The molecule has 0 aliphatic heterocycles. The Hall–Kier alpha value is -3.22. The first-order valence-corrected chi connectivity index (χ1v) is 9.74. The van der Waals surface area contributed by atoms with Crippen LogP contribution in [0, 0.1) is 13.7 Å². The molecule has 0 saturated carbocycles. The number of carboxylic acid groups (broad SMARTS) is 1. The number of amides is 1. The Morgan fingerprint density at radius 2 is 2.03 bits per heavy atom. The third-order valence-electron chi connectivity index (χ3n) is 3.61. The molecule has 0 atom stereocenters. The topological polar surface area (TPSA) is 140 Å². The summed E-state index contributed by atoms with van der Waals surface area (Å²) < 4.78 is 11.4. The number of nitrogens with one attached hydrogen (secondary N) is 1. The number of halogens is 1. The van der Waals surface area contributed by atoms with Crippen molar-refractivity contribution in [2.24, 2.45) is 5.10 Å². The second kappa shape index (κ2) is 11.1. The summed E-state index contributed by atoms with van der Waals surface area (Å²) in [5.74, 6) is -0.974. The summed E-state index contributed by atoms with van der Waals surface area (Å²) in [6.07, 6.45) is 1.18. The minimum Gasteiger partial charge on any atom is -0.490 e. The van der Waals surface area contributed by atoms with Crippen LogP contribution in [0.5, 0.6) is 11.5 Å². The number of aliphatic carboxylic acids is 1. The molecule has 11 heteroatoms. The molecule has 0 saturated heterocycles. The van der Waals surface area contributed by atoms with Gasteiger partial charge in [0.25, 0.3) is 5.69 Å². The van der Waals surface area contributed by atoms with Crippen molar-refractivity contribution in [3.8, 4) is 11.5 Å². The molecule has 158 valence electrons. The summed E-state index contributed by atoms with van der Waals surface area (Å²) in [7, 11) is 0. The Morgan fingerprint density at radius 1 is 1.30 bits per heavy atom. The van der Waals surface area contributed by atoms with Gasteiger partial charge in [-0.15, -0.1) is 0 Å². The van der Waals surface area contributed by atoms with E-state index in [2.05, 4.69) is 10.5 Å². The smallest absolute Gasteiger partial charge is 0.341 e. The highest BCUT2D eigenvalue weighted by atomic mass is 127. The molecule has 0 unspecified atom stereocenters. The number of carboxylic acids is 1. The number of nitro benzene ring substituents is 1. The third-order valence-corrected chi connectivity index (χ3v) is 4.42. The maximum atomic E-state index is 12.1. The van der Waals surface area contributed by atoms with Gasteiger partial charge >= 0.3 is 5.97 Å². The van der Waals surface area contributed by atoms with Crippen molar-refractivity contribution in [2.45, 2.75) is 13.3 Å². The van der Waals surface area contributed by atoms with E-state index in [4.69, 9.17) is 14.6 Å². The molecule has 0 fully saturated rings. The van der Waals surface area contributed by atoms with Gasteiger partial charge in [0.05, 0.1) is 27.7 Å². The highest BCUT2D eigenvalue weighted by Crippen LogP contribution is 2.33. The zero-order valence-corrected chi connectivity index (χ0v) is 18.0. The molecule has 0 aliphatic rings. The van der Waals surface area contributed by atoms with Crippen LogP contribution in [-0.4, -0.2) is 41.3 Å². The fourth-order valence-electron chi connectivity index (χ4n) is 2.43. The molecular weight excluding hydrogens is 509 g/mol. The number of nitrogens with zero attached hydrogens (tertiary/aromatic N) is 2. The van der Waals surface area contributed by atoms with Gasteiger partial charge in [-0.3, -0.25) is 14.9 Å². The molecule has 0 spiro atoms. The van der Waals surface area contributed by atoms with Gasteiger partial charge in [0.2, 0.25) is 5.91 Å². The summed E-state index contributed by atoms with van der Waals surface area (Å²) in [4.78, 5) is 33.3. The quantitative estimate of drug-likeness (QED) is 0.210. The number of para-hydroxylation sites is 1. The minimum absolute atomic E-state index is 0.135. The van der Waals surface area contributed by atoms with E-state index in [0.717, 1.165) is 0 Å². The van der Waals surface area contributed by atoms with Crippen LogP contribution in [0.15, 0.2) is 41.5 Å². The lowest BCUT2D eigenvalue weighted by Gasteiger charge is -2.13. The Balaban J connectivity index is 2.09. The van der Waals surface area contributed by atoms with Crippen LogP contribution < -0.4 is 14.9 Å². The van der Waals surface area contributed by atoms with E-state index < -0.39 is 23.4 Å². The number of benzene rings is 2. The third kappa shape index (κ3) is 6.69. The summed E-state index contributed by atoms with van der Waals surface area (Å²) >= 11 is 1.98. The van der Waals surface area contributed by atoms with Crippen molar-refractivity contribution < 1.29 is 29.1 Å². The lowest BCUT2D eigenvalue weighted by atomic mass is 10.1. The number of hydrogen-bond donors (Lipinski definition) is 2. The molecule has 0 radical (unpaired) electrons. The average molecular weight is 527 g/mol. The van der Waals surface area contributed by atoms with Crippen LogP contribution in [-0.2, 0) is 16.0 Å². The molecular formula is C19H18IN3O7. The summed E-state index contributed by atoms with van der Waals surface area (Å²) in [6.45, 7) is 1.61. The van der Waals surface area contributed by atoms with Gasteiger partial charge in [0, 0.05) is 11.6 Å². The molecule has 0 aromatic heterocycles. The van der Waals surface area contributed by atoms with E-state index >= 15 is 0 Å². The number of hydrogen-bond acceptors (Lipinski definition) is 7. The van der Waals surface area contributed by atoms with Crippen molar-refractivity contribution in [1.82, 2.24) is 5.43 Å². The SMILES string of the molecule is CCOc1cc(/C=N/NC(=O)Cc2ccccc2[N+](=O)[O-])cc(I)c1OCC(=O)O. The van der Waals surface area contributed by atoms with Crippen molar-refractivity contribution in [1.29, 1.82) is 0 Å². The molecule has 0 bridgehead atoms. The molecule has 0 aliphatic carbocycles. The van der Waals surface area contributed by atoms with Crippen LogP contribution in [0.3, 0.4) is 0 Å². The van der Waals surface area contributed by atoms with E-state index in [-0.39, 0.29) is 17.7 Å². The molecule has 2 aromatic rings. The number of ether oxygens (including phenoxy) is 2. The van der Waals surface area contributed by atoms with Crippen LogP contribution in [0.25, 0.3) is 0 Å². The first kappa shape index (κ1) is 23.1. The zero-order valence-electron chi connectivity index (χ0n) is 15.8. The second-order valence-electron chi connectivity index (χ2n) is 5.80. The van der Waals surface area contributed by atoms with Gasteiger partial charge in [-0.05, 0) is 47.2 Å². The molecule has 1 amide bonds. The number of hydrazone groups is 1. The van der Waals surface area contributed by atoms with E-state index in [1.54, 1.807) is 25.1 Å². The van der Waals surface area contributed by atoms with Crippen LogP contribution >= 0.6 is 22.6 Å². The molecule has 2 aromatic carbocycles. The number of carbonyl (C=O) groups is 2. The van der Waals surface area contributed by atoms with E-state index in [1.807, 2.05) is 22.6 Å². The second-order valence-corrected chi connectivity index (χ2v) is 6.96.